The lowest BCUT2D eigenvalue weighted by Gasteiger charge is -2.36. The molecule has 2 saturated heterocycles. The van der Waals surface area contributed by atoms with E-state index in [1.807, 2.05) is 17.0 Å². The molecule has 0 aliphatic carbocycles. The first-order valence-electron chi connectivity index (χ1n) is 10.3. The molecule has 2 heterocycles. The molecule has 2 aliphatic heterocycles. The number of hydrogen-bond donors (Lipinski definition) is 1. The van der Waals surface area contributed by atoms with Crippen LogP contribution < -0.4 is 15.1 Å². The lowest BCUT2D eigenvalue weighted by molar-refractivity contribution is -0.117. The predicted molar refractivity (Wildman–Crippen MR) is 111 cm³/mol. The maximum atomic E-state index is 12.1. The van der Waals surface area contributed by atoms with Crippen molar-refractivity contribution >= 4 is 11.6 Å². The number of hydrazine groups is 1. The Morgan fingerprint density at radius 3 is 2.68 bits per heavy atom. The molecule has 1 amide bonds. The van der Waals surface area contributed by atoms with Crippen LogP contribution in [0.2, 0.25) is 0 Å². The van der Waals surface area contributed by atoms with E-state index in [2.05, 4.69) is 46.8 Å². The highest BCUT2D eigenvalue weighted by atomic mass is 16.5. The van der Waals surface area contributed by atoms with E-state index >= 15 is 0 Å². The molecule has 4 rings (SSSR count). The molecule has 0 spiro atoms. The highest BCUT2D eigenvalue weighted by Crippen LogP contribution is 2.31. The summed E-state index contributed by atoms with van der Waals surface area (Å²) >= 11 is 0. The number of benzene rings is 2. The Hall–Kier alpha value is -2.37. The molecule has 1 N–H and O–H groups in total. The van der Waals surface area contributed by atoms with Gasteiger partial charge in [-0.05, 0) is 43.0 Å². The number of carbonyl (C=O) groups excluding carboxylic acids is 1. The Kier molecular flexibility index (Phi) is 5.93. The first-order valence-corrected chi connectivity index (χ1v) is 10.3. The van der Waals surface area contributed by atoms with Crippen LogP contribution in [0.15, 0.2) is 48.5 Å². The number of ether oxygens (including phenoxy) is 1. The summed E-state index contributed by atoms with van der Waals surface area (Å²) < 4.78 is 5.58. The molecule has 2 fully saturated rings. The van der Waals surface area contributed by atoms with Crippen LogP contribution in [0.4, 0.5) is 5.69 Å². The summed E-state index contributed by atoms with van der Waals surface area (Å²) in [7, 11) is 1.70. The number of nitrogens with one attached hydrogen (secondary N) is 1. The third-order valence-electron chi connectivity index (χ3n) is 5.81. The zero-order valence-corrected chi connectivity index (χ0v) is 16.6. The molecule has 148 valence electrons. The fraction of sp³-hybridized carbons (Fsp3) is 0.435. The monoisotopic (exact) mass is 379 g/mol. The lowest BCUT2D eigenvalue weighted by Crippen LogP contribution is -2.43. The highest BCUT2D eigenvalue weighted by molar-refractivity contribution is 5.95. The van der Waals surface area contributed by atoms with Gasteiger partial charge in [0, 0.05) is 43.3 Å². The summed E-state index contributed by atoms with van der Waals surface area (Å²) in [6.07, 6.45) is 5.21. The Bertz CT molecular complexity index is 809. The number of anilines is 1. The van der Waals surface area contributed by atoms with E-state index in [1.54, 1.807) is 7.11 Å². The van der Waals surface area contributed by atoms with Crippen LogP contribution >= 0.6 is 0 Å². The Labute approximate surface area is 167 Å². The van der Waals surface area contributed by atoms with Gasteiger partial charge >= 0.3 is 0 Å². The minimum atomic E-state index is 0.212. The Morgan fingerprint density at radius 2 is 1.93 bits per heavy atom. The van der Waals surface area contributed by atoms with Gasteiger partial charge in [0.1, 0.15) is 5.75 Å². The van der Waals surface area contributed by atoms with Crippen molar-refractivity contribution in [2.24, 2.45) is 0 Å². The van der Waals surface area contributed by atoms with Crippen molar-refractivity contribution in [3.05, 3.63) is 59.7 Å². The first kappa shape index (κ1) is 19.0. The van der Waals surface area contributed by atoms with E-state index in [1.165, 1.54) is 18.4 Å². The van der Waals surface area contributed by atoms with Crippen molar-refractivity contribution in [2.45, 2.75) is 44.7 Å². The zero-order chi connectivity index (χ0) is 19.3. The van der Waals surface area contributed by atoms with Crippen molar-refractivity contribution in [3.8, 4) is 5.75 Å². The van der Waals surface area contributed by atoms with Crippen LogP contribution in [0.25, 0.3) is 0 Å². The molecular weight excluding hydrogens is 350 g/mol. The summed E-state index contributed by atoms with van der Waals surface area (Å²) in [5.41, 5.74) is 7.05. The second-order valence-corrected chi connectivity index (χ2v) is 7.60. The average Bonchev–Trinajstić information content (AvgIpc) is 3.18. The lowest BCUT2D eigenvalue weighted by atomic mass is 9.97. The molecule has 1 atom stereocenters. The van der Waals surface area contributed by atoms with Gasteiger partial charge in [0.25, 0.3) is 0 Å². The molecule has 0 bridgehead atoms. The Balaban J connectivity index is 1.50. The van der Waals surface area contributed by atoms with Crippen molar-refractivity contribution in [1.29, 1.82) is 0 Å². The molecule has 5 nitrogen and oxygen atoms in total. The third-order valence-corrected chi connectivity index (χ3v) is 5.81. The van der Waals surface area contributed by atoms with E-state index in [-0.39, 0.29) is 5.91 Å². The molecule has 2 aromatic carbocycles. The second-order valence-electron chi connectivity index (χ2n) is 7.60. The fourth-order valence-corrected chi connectivity index (χ4v) is 4.32. The van der Waals surface area contributed by atoms with E-state index in [0.29, 0.717) is 19.0 Å². The largest absolute Gasteiger partial charge is 0.496 e. The maximum absolute atomic E-state index is 12.1. The van der Waals surface area contributed by atoms with Gasteiger partial charge in [0.2, 0.25) is 5.91 Å². The van der Waals surface area contributed by atoms with Gasteiger partial charge in [-0.15, -0.1) is 0 Å². The standard InChI is InChI=1S/C23H29N3O2/c1-28-22-13-12-20(25-14-7-11-23(25)27)16-19(22)17-24-26-15-6-5-10-21(26)18-8-3-2-4-9-18/h2-4,8-9,12-13,16,21,24H,5-7,10-11,14-15,17H2,1H3. The number of amides is 1. The second kappa shape index (κ2) is 8.76. The van der Waals surface area contributed by atoms with E-state index in [9.17, 15) is 4.79 Å². The van der Waals surface area contributed by atoms with Gasteiger partial charge in [-0.1, -0.05) is 36.8 Å². The molecule has 28 heavy (non-hydrogen) atoms. The minimum Gasteiger partial charge on any atom is -0.496 e. The number of rotatable bonds is 6. The van der Waals surface area contributed by atoms with Crippen LogP contribution in [0.3, 0.4) is 0 Å². The summed E-state index contributed by atoms with van der Waals surface area (Å²) in [4.78, 5) is 14.0. The van der Waals surface area contributed by atoms with Crippen molar-refractivity contribution in [3.63, 3.8) is 0 Å². The van der Waals surface area contributed by atoms with Crippen LogP contribution in [0, 0.1) is 0 Å². The molecule has 0 aromatic heterocycles. The van der Waals surface area contributed by atoms with E-state index in [4.69, 9.17) is 4.74 Å². The Morgan fingerprint density at radius 1 is 1.07 bits per heavy atom. The normalized spacial score (nSPS) is 20.5. The maximum Gasteiger partial charge on any atom is 0.227 e. The van der Waals surface area contributed by atoms with Gasteiger partial charge in [-0.2, -0.15) is 0 Å². The predicted octanol–water partition coefficient (Wildman–Crippen LogP) is 4.05. The quantitative estimate of drug-likeness (QED) is 0.822. The number of methoxy groups -OCH3 is 1. The fourth-order valence-electron chi connectivity index (χ4n) is 4.32. The van der Waals surface area contributed by atoms with Crippen molar-refractivity contribution < 1.29 is 9.53 Å². The number of piperidine rings is 1. The molecule has 5 heteroatoms. The van der Waals surface area contributed by atoms with Crippen molar-refractivity contribution in [2.75, 3.05) is 25.1 Å². The van der Waals surface area contributed by atoms with Crippen LogP contribution in [0.5, 0.6) is 5.75 Å². The molecule has 0 radical (unpaired) electrons. The summed E-state index contributed by atoms with van der Waals surface area (Å²) in [6, 6.07) is 17.2. The molecule has 0 saturated carbocycles. The van der Waals surface area contributed by atoms with Crippen LogP contribution in [-0.4, -0.2) is 31.1 Å². The zero-order valence-electron chi connectivity index (χ0n) is 16.6. The number of carbonyl (C=O) groups is 1. The minimum absolute atomic E-state index is 0.212. The van der Waals surface area contributed by atoms with Gasteiger partial charge in [-0.25, -0.2) is 5.01 Å². The van der Waals surface area contributed by atoms with E-state index in [0.717, 1.165) is 42.9 Å². The van der Waals surface area contributed by atoms with Gasteiger partial charge in [0.05, 0.1) is 7.11 Å². The smallest absolute Gasteiger partial charge is 0.227 e. The number of hydrogen-bond acceptors (Lipinski definition) is 4. The molecule has 2 aliphatic rings. The average molecular weight is 380 g/mol. The topological polar surface area (TPSA) is 44.8 Å². The highest BCUT2D eigenvalue weighted by Gasteiger charge is 2.25. The summed E-state index contributed by atoms with van der Waals surface area (Å²) in [5, 5.41) is 2.37. The summed E-state index contributed by atoms with van der Waals surface area (Å²) in [6.45, 7) is 2.52. The van der Waals surface area contributed by atoms with Crippen LogP contribution in [-0.2, 0) is 11.3 Å². The molecule has 1 unspecified atom stereocenters. The van der Waals surface area contributed by atoms with Gasteiger partial charge in [-0.3, -0.25) is 10.2 Å². The SMILES string of the molecule is COc1ccc(N2CCCC2=O)cc1CNN1CCCCC1c1ccccc1. The summed E-state index contributed by atoms with van der Waals surface area (Å²) in [5.74, 6) is 1.07. The number of nitrogens with zero attached hydrogens (tertiary/aromatic N) is 2. The van der Waals surface area contributed by atoms with E-state index < -0.39 is 0 Å². The molecule has 2 aromatic rings. The van der Waals surface area contributed by atoms with Gasteiger partial charge in [0.15, 0.2) is 0 Å². The van der Waals surface area contributed by atoms with Gasteiger partial charge < -0.3 is 9.64 Å². The van der Waals surface area contributed by atoms with Crippen LogP contribution in [0.1, 0.15) is 49.3 Å². The van der Waals surface area contributed by atoms with Crippen molar-refractivity contribution in [1.82, 2.24) is 10.4 Å². The first-order chi connectivity index (χ1) is 13.8. The third kappa shape index (κ3) is 4.05. The molecular formula is C23H29N3O2.